The minimum atomic E-state index is 0.862. The number of hydrogen-bond acceptors (Lipinski definition) is 2. The molecule has 0 spiro atoms. The first-order chi connectivity index (χ1) is 5.83. The Bertz CT molecular complexity index is 193. The molecule has 0 bridgehead atoms. The average Bonchev–Trinajstić information content (AvgIpc) is 2.51. The Morgan fingerprint density at radius 2 is 2.17 bits per heavy atom. The van der Waals surface area contributed by atoms with Gasteiger partial charge in [0.2, 0.25) is 0 Å². The quantitative estimate of drug-likeness (QED) is 0.725. The standard InChI is InChI=1S/C7H13N3.C2H6/c1-3-8-5-7-4-6(2)9-10-7;1-2/h4,8H,3,5H2,1-2H3,(H,9,10);1-2H3. The van der Waals surface area contributed by atoms with E-state index < -0.39 is 0 Å². The molecular formula is C9H19N3. The second-order valence-corrected chi connectivity index (χ2v) is 2.32. The van der Waals surface area contributed by atoms with E-state index in [1.807, 2.05) is 26.8 Å². The minimum absolute atomic E-state index is 0.862. The van der Waals surface area contributed by atoms with Crippen molar-refractivity contribution in [2.45, 2.75) is 34.2 Å². The molecule has 0 fully saturated rings. The summed E-state index contributed by atoms with van der Waals surface area (Å²) in [7, 11) is 0. The molecule has 2 N–H and O–H groups in total. The van der Waals surface area contributed by atoms with Crippen LogP contribution in [0.3, 0.4) is 0 Å². The summed E-state index contributed by atoms with van der Waals surface area (Å²) in [6.07, 6.45) is 0. The van der Waals surface area contributed by atoms with Gasteiger partial charge in [0.05, 0.1) is 5.69 Å². The second-order valence-electron chi connectivity index (χ2n) is 2.32. The topological polar surface area (TPSA) is 40.7 Å². The van der Waals surface area contributed by atoms with Gasteiger partial charge in [0.1, 0.15) is 0 Å². The fourth-order valence-corrected chi connectivity index (χ4v) is 0.818. The minimum Gasteiger partial charge on any atom is -0.311 e. The molecule has 1 aromatic rings. The summed E-state index contributed by atoms with van der Waals surface area (Å²) in [6.45, 7) is 9.94. The molecule has 0 aliphatic rings. The molecule has 0 saturated heterocycles. The Hall–Kier alpha value is -0.830. The van der Waals surface area contributed by atoms with Crippen LogP contribution in [0, 0.1) is 6.92 Å². The molecule has 1 rings (SSSR count). The van der Waals surface area contributed by atoms with Crippen LogP contribution in [0.5, 0.6) is 0 Å². The molecule has 0 unspecified atom stereocenters. The first kappa shape index (κ1) is 11.2. The predicted octanol–water partition coefficient (Wildman–Crippen LogP) is 1.85. The highest BCUT2D eigenvalue weighted by molar-refractivity contribution is 5.05. The van der Waals surface area contributed by atoms with Gasteiger partial charge in [-0.25, -0.2) is 0 Å². The van der Waals surface area contributed by atoms with Gasteiger partial charge in [-0.05, 0) is 19.5 Å². The molecule has 70 valence electrons. The van der Waals surface area contributed by atoms with Gasteiger partial charge in [-0.1, -0.05) is 20.8 Å². The molecule has 1 heterocycles. The van der Waals surface area contributed by atoms with Gasteiger partial charge in [-0.2, -0.15) is 5.10 Å². The maximum Gasteiger partial charge on any atom is 0.0762 e. The lowest BCUT2D eigenvalue weighted by atomic mass is 10.4. The number of hydrogen-bond donors (Lipinski definition) is 2. The average molecular weight is 169 g/mol. The van der Waals surface area contributed by atoms with Crippen molar-refractivity contribution in [3.05, 3.63) is 17.5 Å². The number of aromatic amines is 1. The van der Waals surface area contributed by atoms with Gasteiger partial charge in [0, 0.05) is 12.2 Å². The number of rotatable bonds is 3. The van der Waals surface area contributed by atoms with Gasteiger partial charge in [-0.15, -0.1) is 0 Å². The summed E-state index contributed by atoms with van der Waals surface area (Å²) < 4.78 is 0. The lowest BCUT2D eigenvalue weighted by Gasteiger charge is -1.93. The van der Waals surface area contributed by atoms with E-state index in [4.69, 9.17) is 0 Å². The largest absolute Gasteiger partial charge is 0.311 e. The molecule has 0 amide bonds. The molecular weight excluding hydrogens is 150 g/mol. The van der Waals surface area contributed by atoms with Crippen LogP contribution in [0.15, 0.2) is 6.07 Å². The van der Waals surface area contributed by atoms with Crippen LogP contribution in [0.2, 0.25) is 0 Å². The van der Waals surface area contributed by atoms with Crippen LogP contribution in [0.4, 0.5) is 0 Å². The van der Waals surface area contributed by atoms with Crippen molar-refractivity contribution in [2.24, 2.45) is 0 Å². The van der Waals surface area contributed by atoms with E-state index in [2.05, 4.69) is 22.4 Å². The number of nitrogens with one attached hydrogen (secondary N) is 2. The van der Waals surface area contributed by atoms with Crippen molar-refractivity contribution < 1.29 is 0 Å². The Kier molecular flexibility index (Phi) is 6.38. The first-order valence-electron chi connectivity index (χ1n) is 4.54. The Balaban J connectivity index is 0.000000561. The molecule has 0 atom stereocenters. The number of aromatic nitrogens is 2. The first-order valence-corrected chi connectivity index (χ1v) is 4.54. The Morgan fingerprint density at radius 1 is 1.50 bits per heavy atom. The number of H-pyrrole nitrogens is 1. The molecule has 1 aromatic heterocycles. The lowest BCUT2D eigenvalue weighted by Crippen LogP contribution is -2.11. The summed E-state index contributed by atoms with van der Waals surface area (Å²) in [5.41, 5.74) is 2.20. The van der Waals surface area contributed by atoms with Crippen LogP contribution in [0.25, 0.3) is 0 Å². The van der Waals surface area contributed by atoms with Gasteiger partial charge < -0.3 is 5.32 Å². The monoisotopic (exact) mass is 169 g/mol. The molecule has 0 aliphatic carbocycles. The SMILES string of the molecule is CC.CCNCc1cc(C)[nH]n1. The zero-order chi connectivity index (χ0) is 9.40. The highest BCUT2D eigenvalue weighted by atomic mass is 15.1. The zero-order valence-corrected chi connectivity index (χ0v) is 8.44. The smallest absolute Gasteiger partial charge is 0.0762 e. The molecule has 0 radical (unpaired) electrons. The summed E-state index contributed by atoms with van der Waals surface area (Å²) in [5, 5.41) is 10.1. The van der Waals surface area contributed by atoms with E-state index in [1.54, 1.807) is 0 Å². The summed E-state index contributed by atoms with van der Waals surface area (Å²) >= 11 is 0. The van der Waals surface area contributed by atoms with Crippen LogP contribution >= 0.6 is 0 Å². The van der Waals surface area contributed by atoms with Crippen molar-refractivity contribution >= 4 is 0 Å². The third-order valence-corrected chi connectivity index (χ3v) is 1.32. The van der Waals surface area contributed by atoms with Crippen molar-refractivity contribution in [2.75, 3.05) is 6.54 Å². The van der Waals surface area contributed by atoms with Gasteiger partial charge in [-0.3, -0.25) is 5.10 Å². The van der Waals surface area contributed by atoms with Crippen LogP contribution < -0.4 is 5.32 Å². The highest BCUT2D eigenvalue weighted by Gasteiger charge is 1.93. The number of nitrogens with zero attached hydrogens (tertiary/aromatic N) is 1. The third kappa shape index (κ3) is 4.13. The van der Waals surface area contributed by atoms with E-state index in [9.17, 15) is 0 Å². The van der Waals surface area contributed by atoms with E-state index in [-0.39, 0.29) is 0 Å². The maximum absolute atomic E-state index is 4.07. The third-order valence-electron chi connectivity index (χ3n) is 1.32. The fourth-order valence-electron chi connectivity index (χ4n) is 0.818. The number of aryl methyl sites for hydroxylation is 1. The van der Waals surface area contributed by atoms with Crippen molar-refractivity contribution in [3.8, 4) is 0 Å². The van der Waals surface area contributed by atoms with Gasteiger partial charge in [0.15, 0.2) is 0 Å². The van der Waals surface area contributed by atoms with Crippen molar-refractivity contribution in [1.82, 2.24) is 15.5 Å². The summed E-state index contributed by atoms with van der Waals surface area (Å²) in [4.78, 5) is 0. The van der Waals surface area contributed by atoms with E-state index in [0.717, 1.165) is 24.5 Å². The summed E-state index contributed by atoms with van der Waals surface area (Å²) in [5.74, 6) is 0. The Morgan fingerprint density at radius 3 is 2.58 bits per heavy atom. The van der Waals surface area contributed by atoms with E-state index >= 15 is 0 Å². The molecule has 12 heavy (non-hydrogen) atoms. The van der Waals surface area contributed by atoms with Crippen LogP contribution in [0.1, 0.15) is 32.2 Å². The molecule has 0 aromatic carbocycles. The van der Waals surface area contributed by atoms with Crippen LogP contribution in [-0.4, -0.2) is 16.7 Å². The summed E-state index contributed by atoms with van der Waals surface area (Å²) in [6, 6.07) is 2.04. The zero-order valence-electron chi connectivity index (χ0n) is 8.44. The predicted molar refractivity (Wildman–Crippen MR) is 52.1 cm³/mol. The molecule has 0 saturated carbocycles. The van der Waals surface area contributed by atoms with E-state index in [0.29, 0.717) is 0 Å². The maximum atomic E-state index is 4.07. The highest BCUT2D eigenvalue weighted by Crippen LogP contribution is 1.95. The second kappa shape index (κ2) is 6.85. The molecule has 3 nitrogen and oxygen atoms in total. The van der Waals surface area contributed by atoms with Gasteiger partial charge >= 0.3 is 0 Å². The van der Waals surface area contributed by atoms with Gasteiger partial charge in [0.25, 0.3) is 0 Å². The van der Waals surface area contributed by atoms with Crippen molar-refractivity contribution in [3.63, 3.8) is 0 Å². The van der Waals surface area contributed by atoms with Crippen molar-refractivity contribution in [1.29, 1.82) is 0 Å². The Labute approximate surface area is 74.6 Å². The van der Waals surface area contributed by atoms with Crippen LogP contribution in [-0.2, 0) is 6.54 Å². The normalized spacial score (nSPS) is 9.00. The molecule has 0 aliphatic heterocycles. The lowest BCUT2D eigenvalue weighted by molar-refractivity contribution is 0.707. The van der Waals surface area contributed by atoms with E-state index in [1.165, 1.54) is 0 Å². The molecule has 3 heteroatoms. The fraction of sp³-hybridized carbons (Fsp3) is 0.667.